The van der Waals surface area contributed by atoms with Crippen molar-refractivity contribution < 1.29 is 12.8 Å². The molecule has 0 bridgehead atoms. The van der Waals surface area contributed by atoms with Crippen LogP contribution in [0.15, 0.2) is 18.2 Å². The summed E-state index contributed by atoms with van der Waals surface area (Å²) in [6.07, 6.45) is 0. The third-order valence-corrected chi connectivity index (χ3v) is 4.37. The third kappa shape index (κ3) is 2.98. The van der Waals surface area contributed by atoms with E-state index in [1.54, 1.807) is 6.92 Å². The molecule has 0 aromatic heterocycles. The second-order valence-electron chi connectivity index (χ2n) is 4.22. The highest BCUT2D eigenvalue weighted by Crippen LogP contribution is 2.18. The molecule has 100 valence electrons. The van der Waals surface area contributed by atoms with Gasteiger partial charge in [0, 0.05) is 26.2 Å². The lowest BCUT2D eigenvalue weighted by Crippen LogP contribution is -2.48. The number of benzene rings is 1. The summed E-state index contributed by atoms with van der Waals surface area (Å²) in [4.78, 5) is 0. The predicted molar refractivity (Wildman–Crippen MR) is 68.1 cm³/mol. The molecular formula is C11H16FN3O2S. The summed E-state index contributed by atoms with van der Waals surface area (Å²) in [5, 5.41) is 3.09. The molecule has 1 aromatic rings. The van der Waals surface area contributed by atoms with Crippen LogP contribution in [0.25, 0.3) is 0 Å². The van der Waals surface area contributed by atoms with Crippen molar-refractivity contribution in [3.63, 3.8) is 0 Å². The molecule has 5 nitrogen and oxygen atoms in total. The molecule has 0 saturated carbocycles. The summed E-state index contributed by atoms with van der Waals surface area (Å²) in [5.41, 5.74) is 0.976. The molecule has 2 N–H and O–H groups in total. The maximum atomic E-state index is 12.9. The van der Waals surface area contributed by atoms with Gasteiger partial charge in [-0.1, -0.05) is 0 Å². The highest BCUT2D eigenvalue weighted by Gasteiger charge is 2.23. The molecule has 18 heavy (non-hydrogen) atoms. The van der Waals surface area contributed by atoms with Crippen molar-refractivity contribution in [1.82, 2.24) is 9.62 Å². The number of nitrogens with zero attached hydrogens (tertiary/aromatic N) is 1. The maximum absolute atomic E-state index is 12.9. The number of hydrogen-bond donors (Lipinski definition) is 2. The van der Waals surface area contributed by atoms with Gasteiger partial charge in [0.05, 0.1) is 5.69 Å². The molecule has 0 radical (unpaired) electrons. The van der Waals surface area contributed by atoms with Gasteiger partial charge < -0.3 is 5.32 Å². The standard InChI is InChI=1S/C11H16FN3O2S/c1-9-8-10(12)2-3-11(9)14-18(16,17)15-6-4-13-5-7-15/h2-3,8,13-14H,4-7H2,1H3. The van der Waals surface area contributed by atoms with E-state index in [1.807, 2.05) is 0 Å². The molecule has 0 aliphatic carbocycles. The average Bonchev–Trinajstić information content (AvgIpc) is 2.34. The minimum absolute atomic E-state index is 0.377. The Morgan fingerprint density at radius 3 is 2.61 bits per heavy atom. The van der Waals surface area contributed by atoms with Gasteiger partial charge in [0.1, 0.15) is 5.82 Å². The monoisotopic (exact) mass is 273 g/mol. The first kappa shape index (κ1) is 13.3. The van der Waals surface area contributed by atoms with E-state index in [9.17, 15) is 12.8 Å². The van der Waals surface area contributed by atoms with E-state index in [-0.39, 0.29) is 5.82 Å². The molecule has 7 heteroatoms. The van der Waals surface area contributed by atoms with Crippen LogP contribution < -0.4 is 10.0 Å². The summed E-state index contributed by atoms with van der Waals surface area (Å²) in [6, 6.07) is 3.97. The van der Waals surface area contributed by atoms with Crippen LogP contribution in [0.3, 0.4) is 0 Å². The van der Waals surface area contributed by atoms with Crippen LogP contribution in [0, 0.1) is 12.7 Å². The molecule has 0 amide bonds. The van der Waals surface area contributed by atoms with Gasteiger partial charge in [-0.3, -0.25) is 4.72 Å². The molecule has 1 fully saturated rings. The summed E-state index contributed by atoms with van der Waals surface area (Å²) in [7, 11) is -3.55. The van der Waals surface area contributed by atoms with E-state index in [2.05, 4.69) is 10.0 Å². The lowest BCUT2D eigenvalue weighted by Gasteiger charge is -2.27. The Hall–Kier alpha value is -1.18. The highest BCUT2D eigenvalue weighted by atomic mass is 32.2. The van der Waals surface area contributed by atoms with Crippen LogP contribution in [-0.2, 0) is 10.2 Å². The Morgan fingerprint density at radius 1 is 1.33 bits per heavy atom. The van der Waals surface area contributed by atoms with Gasteiger partial charge in [0.25, 0.3) is 0 Å². The Bertz CT molecular complexity index is 527. The fourth-order valence-electron chi connectivity index (χ4n) is 1.83. The number of piperazine rings is 1. The van der Waals surface area contributed by atoms with Gasteiger partial charge in [-0.2, -0.15) is 12.7 Å². The Morgan fingerprint density at radius 2 is 2.00 bits per heavy atom. The van der Waals surface area contributed by atoms with Crippen LogP contribution in [0.1, 0.15) is 5.56 Å². The topological polar surface area (TPSA) is 61.4 Å². The van der Waals surface area contributed by atoms with E-state index in [4.69, 9.17) is 0 Å². The highest BCUT2D eigenvalue weighted by molar-refractivity contribution is 7.90. The second-order valence-corrected chi connectivity index (χ2v) is 5.89. The van der Waals surface area contributed by atoms with Gasteiger partial charge in [-0.05, 0) is 30.7 Å². The van der Waals surface area contributed by atoms with Crippen LogP contribution in [0.2, 0.25) is 0 Å². The van der Waals surface area contributed by atoms with Crippen molar-refractivity contribution in [2.24, 2.45) is 0 Å². The first-order valence-electron chi connectivity index (χ1n) is 5.74. The van der Waals surface area contributed by atoms with Gasteiger partial charge in [0.2, 0.25) is 0 Å². The van der Waals surface area contributed by atoms with Crippen molar-refractivity contribution in [3.8, 4) is 0 Å². The molecule has 1 aliphatic rings. The molecule has 2 rings (SSSR count). The average molecular weight is 273 g/mol. The SMILES string of the molecule is Cc1cc(F)ccc1NS(=O)(=O)N1CCNCC1. The van der Waals surface area contributed by atoms with Crippen LogP contribution in [-0.4, -0.2) is 38.9 Å². The van der Waals surface area contributed by atoms with E-state index in [0.717, 1.165) is 0 Å². The minimum atomic E-state index is -3.55. The number of hydrogen-bond acceptors (Lipinski definition) is 3. The predicted octanol–water partition coefficient (Wildman–Crippen LogP) is 0.696. The largest absolute Gasteiger partial charge is 0.314 e. The van der Waals surface area contributed by atoms with Crippen molar-refractivity contribution >= 4 is 15.9 Å². The van der Waals surface area contributed by atoms with Crippen molar-refractivity contribution in [2.45, 2.75) is 6.92 Å². The van der Waals surface area contributed by atoms with Gasteiger partial charge in [-0.25, -0.2) is 4.39 Å². The molecule has 1 saturated heterocycles. The Balaban J connectivity index is 2.16. The molecule has 1 heterocycles. The zero-order valence-electron chi connectivity index (χ0n) is 10.1. The molecular weight excluding hydrogens is 257 g/mol. The molecule has 1 aromatic carbocycles. The lowest BCUT2D eigenvalue weighted by molar-refractivity contribution is 0.362. The normalized spacial score (nSPS) is 17.7. The van der Waals surface area contributed by atoms with Crippen molar-refractivity contribution in [1.29, 1.82) is 0 Å². The van der Waals surface area contributed by atoms with Crippen molar-refractivity contribution in [2.75, 3.05) is 30.9 Å². The van der Waals surface area contributed by atoms with E-state index in [1.165, 1.54) is 22.5 Å². The van der Waals surface area contributed by atoms with E-state index in [0.29, 0.717) is 37.4 Å². The third-order valence-electron chi connectivity index (χ3n) is 2.84. The summed E-state index contributed by atoms with van der Waals surface area (Å²) in [6.45, 7) is 3.83. The lowest BCUT2D eigenvalue weighted by atomic mass is 10.2. The minimum Gasteiger partial charge on any atom is -0.314 e. The first-order chi connectivity index (χ1) is 8.49. The summed E-state index contributed by atoms with van der Waals surface area (Å²) in [5.74, 6) is -0.377. The quantitative estimate of drug-likeness (QED) is 0.852. The fourth-order valence-corrected chi connectivity index (χ4v) is 3.13. The number of aryl methyl sites for hydroxylation is 1. The Labute approximate surface area is 106 Å². The van der Waals surface area contributed by atoms with E-state index < -0.39 is 10.2 Å². The molecule has 0 unspecified atom stereocenters. The first-order valence-corrected chi connectivity index (χ1v) is 7.18. The van der Waals surface area contributed by atoms with Gasteiger partial charge >= 0.3 is 10.2 Å². The molecule has 0 atom stereocenters. The van der Waals surface area contributed by atoms with Crippen LogP contribution >= 0.6 is 0 Å². The zero-order valence-corrected chi connectivity index (χ0v) is 10.9. The number of nitrogens with one attached hydrogen (secondary N) is 2. The molecule has 0 spiro atoms. The Kier molecular flexibility index (Phi) is 3.84. The van der Waals surface area contributed by atoms with Crippen LogP contribution in [0.5, 0.6) is 0 Å². The zero-order chi connectivity index (χ0) is 13.2. The summed E-state index contributed by atoms with van der Waals surface area (Å²) >= 11 is 0. The van der Waals surface area contributed by atoms with Gasteiger partial charge in [-0.15, -0.1) is 0 Å². The fraction of sp³-hybridized carbons (Fsp3) is 0.455. The van der Waals surface area contributed by atoms with Crippen molar-refractivity contribution in [3.05, 3.63) is 29.6 Å². The molecule has 1 aliphatic heterocycles. The van der Waals surface area contributed by atoms with Gasteiger partial charge in [0.15, 0.2) is 0 Å². The number of anilines is 1. The number of rotatable bonds is 3. The van der Waals surface area contributed by atoms with Crippen LogP contribution in [0.4, 0.5) is 10.1 Å². The maximum Gasteiger partial charge on any atom is 0.301 e. The second kappa shape index (κ2) is 5.21. The summed E-state index contributed by atoms with van der Waals surface area (Å²) < 4.78 is 41.0. The number of halogens is 1. The van der Waals surface area contributed by atoms with E-state index >= 15 is 0 Å². The smallest absolute Gasteiger partial charge is 0.301 e.